The minimum absolute atomic E-state index is 0. The molecular formula is C16H42N2O5. The number of rotatable bonds is 1. The molecule has 2 atom stereocenters. The van der Waals surface area contributed by atoms with Gasteiger partial charge >= 0.3 is 0 Å². The van der Waals surface area contributed by atoms with Crippen LogP contribution in [0.5, 0.6) is 0 Å². The van der Waals surface area contributed by atoms with Crippen LogP contribution in [0.2, 0.25) is 0 Å². The molecule has 2 fully saturated rings. The third-order valence-corrected chi connectivity index (χ3v) is 3.22. The Morgan fingerprint density at radius 3 is 1.96 bits per heavy atom. The summed E-state index contributed by atoms with van der Waals surface area (Å²) in [4.78, 5) is 3.94. The predicted octanol–water partition coefficient (Wildman–Crippen LogP) is 3.06. The zero-order chi connectivity index (χ0) is 17.0. The summed E-state index contributed by atoms with van der Waals surface area (Å²) in [7, 11) is 0. The fraction of sp³-hybridized carbons (Fsp3) is 1.00. The first kappa shape index (κ1) is 25.0. The summed E-state index contributed by atoms with van der Waals surface area (Å²) in [5.41, 5.74) is 7.39. The van der Waals surface area contributed by atoms with E-state index in [0.717, 1.165) is 45.5 Å². The zero-order valence-corrected chi connectivity index (χ0v) is 14.4. The molecule has 0 saturated carbocycles. The Hall–Kier alpha value is -0.280. The van der Waals surface area contributed by atoms with Crippen LogP contribution in [0.3, 0.4) is 0 Å². The van der Waals surface area contributed by atoms with Gasteiger partial charge in [0, 0.05) is 28.2 Å². The Morgan fingerprint density at radius 2 is 1.70 bits per heavy atom. The van der Waals surface area contributed by atoms with Crippen molar-refractivity contribution in [1.82, 2.24) is 5.48 Å². The molecule has 0 spiro atoms. The minimum Gasteiger partial charge on any atom is -0.381 e. The van der Waals surface area contributed by atoms with E-state index in [9.17, 15) is 0 Å². The molecule has 0 radical (unpaired) electrons. The summed E-state index contributed by atoms with van der Waals surface area (Å²) in [6, 6.07) is 0.565. The van der Waals surface area contributed by atoms with E-state index >= 15 is 0 Å². The highest BCUT2D eigenvalue weighted by atomic mass is 17.1. The van der Waals surface area contributed by atoms with Crippen molar-refractivity contribution in [1.29, 1.82) is 0 Å². The van der Waals surface area contributed by atoms with E-state index in [4.69, 9.17) is 25.7 Å². The molecule has 2 heterocycles. The van der Waals surface area contributed by atoms with E-state index in [1.165, 1.54) is 0 Å². The van der Waals surface area contributed by atoms with Crippen LogP contribution in [0.15, 0.2) is 0 Å². The number of ether oxygens (including phenoxy) is 2. The lowest BCUT2D eigenvalue weighted by molar-refractivity contribution is -0.306. The second-order valence-electron chi connectivity index (χ2n) is 6.70. The first-order valence-corrected chi connectivity index (χ1v) is 7.95. The maximum atomic E-state index is 8.39. The highest BCUT2D eigenvalue weighted by Crippen LogP contribution is 2.10. The molecule has 2 aliphatic rings. The monoisotopic (exact) mass is 342 g/mol. The molecule has 0 aliphatic carbocycles. The highest BCUT2D eigenvalue weighted by Gasteiger charge is 2.13. The Balaban J connectivity index is -0.000000126. The van der Waals surface area contributed by atoms with Crippen LogP contribution < -0.4 is 11.2 Å². The molecule has 0 aromatic rings. The molecule has 1 unspecified atom stereocenters. The van der Waals surface area contributed by atoms with Crippen LogP contribution in [-0.2, 0) is 14.4 Å². The third kappa shape index (κ3) is 16.4. The molecule has 0 bridgehead atoms. The summed E-state index contributed by atoms with van der Waals surface area (Å²) in [6.45, 7) is 9.70. The van der Waals surface area contributed by atoms with Crippen LogP contribution in [0.25, 0.3) is 0 Å². The molecule has 7 nitrogen and oxygen atoms in total. The van der Waals surface area contributed by atoms with Gasteiger partial charge in [-0.3, -0.25) is 5.26 Å². The molecule has 146 valence electrons. The SMILES string of the molecule is C.CC(C)(C)OO.C[C@@H]1CCC(N)CO1.ONC1CCOCC1.[HH].[HH]. The normalized spacial score (nSPS) is 25.2. The van der Waals surface area contributed by atoms with Crippen molar-refractivity contribution in [3.8, 4) is 0 Å². The smallest absolute Gasteiger partial charge is 0.0949 e. The highest BCUT2D eigenvalue weighted by molar-refractivity contribution is 4.68. The quantitative estimate of drug-likeness (QED) is 0.428. The lowest BCUT2D eigenvalue weighted by Gasteiger charge is -2.23. The van der Waals surface area contributed by atoms with Gasteiger partial charge in [-0.25, -0.2) is 10.4 Å². The minimum atomic E-state index is -0.403. The van der Waals surface area contributed by atoms with E-state index < -0.39 is 5.60 Å². The van der Waals surface area contributed by atoms with Gasteiger partial charge < -0.3 is 20.4 Å². The number of hydrogen-bond donors (Lipinski definition) is 4. The largest absolute Gasteiger partial charge is 0.381 e. The van der Waals surface area contributed by atoms with Gasteiger partial charge in [0.15, 0.2) is 0 Å². The van der Waals surface area contributed by atoms with Crippen LogP contribution in [0.4, 0.5) is 0 Å². The van der Waals surface area contributed by atoms with E-state index in [2.05, 4.69) is 17.3 Å². The Morgan fingerprint density at radius 1 is 1.17 bits per heavy atom. The molecular weight excluding hydrogens is 300 g/mol. The Labute approximate surface area is 144 Å². The van der Waals surface area contributed by atoms with Gasteiger partial charge in [-0.2, -0.15) is 0 Å². The van der Waals surface area contributed by atoms with Gasteiger partial charge in [0.1, 0.15) is 0 Å². The molecule has 2 rings (SSSR count). The average molecular weight is 343 g/mol. The van der Waals surface area contributed by atoms with Gasteiger partial charge in [0.05, 0.1) is 18.3 Å². The van der Waals surface area contributed by atoms with Gasteiger partial charge in [-0.1, -0.05) is 7.43 Å². The molecule has 2 saturated heterocycles. The maximum absolute atomic E-state index is 8.39. The Bertz CT molecular complexity index is 247. The van der Waals surface area contributed by atoms with E-state index in [1.807, 2.05) is 0 Å². The van der Waals surface area contributed by atoms with Crippen molar-refractivity contribution in [2.24, 2.45) is 5.73 Å². The number of hydrogen-bond acceptors (Lipinski definition) is 7. The molecule has 0 aromatic carbocycles. The van der Waals surface area contributed by atoms with E-state index in [-0.39, 0.29) is 16.3 Å². The van der Waals surface area contributed by atoms with Crippen LogP contribution in [-0.4, -0.2) is 54.1 Å². The third-order valence-electron chi connectivity index (χ3n) is 3.22. The van der Waals surface area contributed by atoms with Crippen LogP contribution in [0.1, 0.15) is 63.7 Å². The fourth-order valence-electron chi connectivity index (χ4n) is 1.73. The van der Waals surface area contributed by atoms with Crippen LogP contribution >= 0.6 is 0 Å². The number of nitrogens with one attached hydrogen (secondary N) is 1. The average Bonchev–Trinajstić information content (AvgIpc) is 2.51. The topological polar surface area (TPSA) is 106 Å². The molecule has 0 aromatic heterocycles. The second kappa shape index (κ2) is 14.1. The van der Waals surface area contributed by atoms with Crippen molar-refractivity contribution in [3.63, 3.8) is 0 Å². The summed E-state index contributed by atoms with van der Waals surface area (Å²) in [5.74, 6) is 0. The van der Waals surface area contributed by atoms with Crippen molar-refractivity contribution < 1.29 is 27.7 Å². The molecule has 2 aliphatic heterocycles. The molecule has 0 amide bonds. The predicted molar refractivity (Wildman–Crippen MR) is 95.8 cm³/mol. The summed E-state index contributed by atoms with van der Waals surface area (Å²) < 4.78 is 10.3. The summed E-state index contributed by atoms with van der Waals surface area (Å²) in [5, 5.41) is 16.3. The van der Waals surface area contributed by atoms with Gasteiger partial charge in [0.25, 0.3) is 0 Å². The van der Waals surface area contributed by atoms with Crippen molar-refractivity contribution in [3.05, 3.63) is 0 Å². The van der Waals surface area contributed by atoms with Crippen molar-refractivity contribution in [2.75, 3.05) is 19.8 Å². The molecule has 5 N–H and O–H groups in total. The second-order valence-corrected chi connectivity index (χ2v) is 6.70. The lowest BCUT2D eigenvalue weighted by atomic mass is 10.1. The summed E-state index contributed by atoms with van der Waals surface area (Å²) >= 11 is 0. The van der Waals surface area contributed by atoms with E-state index in [0.29, 0.717) is 12.1 Å². The van der Waals surface area contributed by atoms with Crippen molar-refractivity contribution >= 4 is 0 Å². The maximum Gasteiger partial charge on any atom is 0.0949 e. The zero-order valence-electron chi connectivity index (χ0n) is 14.4. The lowest BCUT2D eigenvalue weighted by Crippen LogP contribution is -2.34. The van der Waals surface area contributed by atoms with Gasteiger partial charge in [-0.05, 0) is 53.4 Å². The number of hydroxylamine groups is 1. The summed E-state index contributed by atoms with van der Waals surface area (Å²) in [6.07, 6.45) is 4.55. The first-order chi connectivity index (χ1) is 10.3. The fourth-order valence-corrected chi connectivity index (χ4v) is 1.73. The molecule has 7 heteroatoms. The van der Waals surface area contributed by atoms with Gasteiger partial charge in [-0.15, -0.1) is 0 Å². The van der Waals surface area contributed by atoms with Crippen molar-refractivity contribution in [2.45, 2.75) is 84.6 Å². The standard InChI is InChI=1S/C6H13NO.C5H11NO2.C4H10O2.CH4.2H2/c1-5-2-3-6(7)4-8-5;7-6-5-1-3-8-4-2-5;1-4(2,3)6-5;;;/h5-6H,2-4,7H2,1H3;5-7H,1-4H2;5H,1-3H3;1H4;2*1H/t5-,6?;;;;;/m1...../s1. The van der Waals surface area contributed by atoms with E-state index in [1.54, 1.807) is 20.8 Å². The van der Waals surface area contributed by atoms with Crippen LogP contribution in [0, 0.1) is 0 Å². The first-order valence-electron chi connectivity index (χ1n) is 7.95. The van der Waals surface area contributed by atoms with Gasteiger partial charge in [0.2, 0.25) is 0 Å². The molecule has 23 heavy (non-hydrogen) atoms. The number of nitrogens with two attached hydrogens (primary N) is 1. The Kier molecular flexibility index (Phi) is 15.3.